The van der Waals surface area contributed by atoms with Crippen LogP contribution in [-0.4, -0.2) is 35.7 Å². The van der Waals surface area contributed by atoms with Crippen molar-refractivity contribution >= 4 is 18.3 Å². The van der Waals surface area contributed by atoms with Crippen LogP contribution in [-0.2, 0) is 11.2 Å². The number of rotatable bonds is 6. The first-order chi connectivity index (χ1) is 15.4. The first kappa shape index (κ1) is 24.0. The fraction of sp³-hybridized carbons (Fsp3) is 0.296. The number of halogens is 1. The van der Waals surface area contributed by atoms with E-state index in [1.165, 1.54) is 0 Å². The van der Waals surface area contributed by atoms with Gasteiger partial charge in [-0.25, -0.2) is 0 Å². The average Bonchev–Trinajstić information content (AvgIpc) is 2.81. The van der Waals surface area contributed by atoms with Crippen LogP contribution in [0.15, 0.2) is 71.4 Å². The smallest absolute Gasteiger partial charge is 0.0854 e. The van der Waals surface area contributed by atoms with Gasteiger partial charge in [0.2, 0.25) is 0 Å². The molecule has 0 bridgehead atoms. The van der Waals surface area contributed by atoms with Crippen LogP contribution in [0.3, 0.4) is 0 Å². The highest BCUT2D eigenvalue weighted by Gasteiger charge is 2.29. The highest BCUT2D eigenvalue weighted by molar-refractivity contribution is 6.31. The standard InChI is InChI=1S/C27H28ClNO3/c1-4-21(18(2)29-3)10-9-19-5-7-20(8-6-19)13-23-14-22(11-12-26(23)28)27-16-24(31)15-25(17-30)32-27/h4-8,11-12,14,24-25,27,30-31H,1,3,13,15-17H2,2H3/b21-18+/t24-,25-,27+/m0/s1. The Balaban J connectivity index is 1.76. The van der Waals surface area contributed by atoms with Crippen LogP contribution in [0.25, 0.3) is 0 Å². The molecule has 5 heteroatoms. The summed E-state index contributed by atoms with van der Waals surface area (Å²) in [6, 6.07) is 13.8. The molecular formula is C27H28ClNO3. The molecule has 0 amide bonds. The summed E-state index contributed by atoms with van der Waals surface area (Å²) in [6.07, 6.45) is 2.21. The van der Waals surface area contributed by atoms with Crippen molar-refractivity contribution in [2.24, 2.45) is 4.99 Å². The Labute approximate surface area is 194 Å². The Kier molecular flexibility index (Phi) is 8.44. The summed E-state index contributed by atoms with van der Waals surface area (Å²) in [5.41, 5.74) is 5.45. The third kappa shape index (κ3) is 6.18. The molecule has 1 heterocycles. The number of hydrogen-bond acceptors (Lipinski definition) is 4. The zero-order valence-electron chi connectivity index (χ0n) is 18.2. The minimum absolute atomic E-state index is 0.100. The van der Waals surface area contributed by atoms with Crippen LogP contribution in [0.4, 0.5) is 0 Å². The maximum Gasteiger partial charge on any atom is 0.0854 e. The summed E-state index contributed by atoms with van der Waals surface area (Å²) >= 11 is 6.46. The van der Waals surface area contributed by atoms with Gasteiger partial charge in [0.05, 0.1) is 30.6 Å². The van der Waals surface area contributed by atoms with Gasteiger partial charge in [0.25, 0.3) is 0 Å². The zero-order chi connectivity index (χ0) is 23.1. The molecule has 3 atom stereocenters. The van der Waals surface area contributed by atoms with E-state index in [1.807, 2.05) is 49.4 Å². The van der Waals surface area contributed by atoms with Crippen molar-refractivity contribution in [3.8, 4) is 11.8 Å². The lowest BCUT2D eigenvalue weighted by molar-refractivity contribution is -0.113. The molecule has 0 unspecified atom stereocenters. The van der Waals surface area contributed by atoms with Crippen LogP contribution in [0.1, 0.15) is 48.1 Å². The summed E-state index contributed by atoms with van der Waals surface area (Å²) in [4.78, 5) is 3.90. The number of allylic oxidation sites excluding steroid dienone is 3. The van der Waals surface area contributed by atoms with Gasteiger partial charge in [0.15, 0.2) is 0 Å². The van der Waals surface area contributed by atoms with Crippen LogP contribution < -0.4 is 0 Å². The maximum absolute atomic E-state index is 10.1. The molecule has 1 saturated heterocycles. The van der Waals surface area contributed by atoms with Crippen LogP contribution in [0.2, 0.25) is 5.02 Å². The molecule has 0 aliphatic carbocycles. The molecule has 0 saturated carbocycles. The molecule has 2 N–H and O–H groups in total. The second-order valence-corrected chi connectivity index (χ2v) is 8.30. The fourth-order valence-corrected chi connectivity index (χ4v) is 3.88. The van der Waals surface area contributed by atoms with E-state index in [0.29, 0.717) is 24.3 Å². The van der Waals surface area contributed by atoms with E-state index in [2.05, 4.69) is 30.1 Å². The van der Waals surface area contributed by atoms with Crippen molar-refractivity contribution < 1.29 is 14.9 Å². The van der Waals surface area contributed by atoms with E-state index >= 15 is 0 Å². The van der Waals surface area contributed by atoms with Gasteiger partial charge >= 0.3 is 0 Å². The van der Waals surface area contributed by atoms with Gasteiger partial charge in [-0.1, -0.05) is 60.4 Å². The summed E-state index contributed by atoms with van der Waals surface area (Å²) in [6.45, 7) is 9.04. The Morgan fingerprint density at radius 1 is 1.25 bits per heavy atom. The zero-order valence-corrected chi connectivity index (χ0v) is 19.0. The van der Waals surface area contributed by atoms with Gasteiger partial charge in [0, 0.05) is 29.0 Å². The van der Waals surface area contributed by atoms with Gasteiger partial charge < -0.3 is 14.9 Å². The number of hydrogen-bond donors (Lipinski definition) is 2. The monoisotopic (exact) mass is 449 g/mol. The van der Waals surface area contributed by atoms with Crippen molar-refractivity contribution in [1.29, 1.82) is 0 Å². The molecule has 3 rings (SSSR count). The normalized spacial score (nSPS) is 21.2. The van der Waals surface area contributed by atoms with E-state index in [0.717, 1.165) is 33.5 Å². The number of nitrogens with zero attached hydrogens (tertiary/aromatic N) is 1. The minimum atomic E-state index is -0.485. The SMILES string of the molecule is C=C/C(C#Cc1ccc(Cc2cc([C@H]3C[C@@H](O)C[C@@H](CO)O3)ccc2Cl)cc1)=C(/C)N=C. The van der Waals surface area contributed by atoms with Crippen LogP contribution in [0, 0.1) is 11.8 Å². The second kappa shape index (κ2) is 11.3. The van der Waals surface area contributed by atoms with E-state index in [-0.39, 0.29) is 18.8 Å². The molecule has 1 aliphatic rings. The van der Waals surface area contributed by atoms with Crippen LogP contribution >= 0.6 is 11.6 Å². The first-order valence-corrected chi connectivity index (χ1v) is 10.9. The van der Waals surface area contributed by atoms with Crippen molar-refractivity contribution in [2.75, 3.05) is 6.61 Å². The third-order valence-corrected chi connectivity index (χ3v) is 5.91. The van der Waals surface area contributed by atoms with E-state index in [1.54, 1.807) is 6.08 Å². The quantitative estimate of drug-likeness (QED) is 0.370. The molecule has 166 valence electrons. The predicted octanol–water partition coefficient (Wildman–Crippen LogP) is 5.02. The number of aliphatic hydroxyl groups is 2. The Bertz CT molecular complexity index is 1060. The van der Waals surface area contributed by atoms with Gasteiger partial charge in [0.1, 0.15) is 0 Å². The molecule has 2 aromatic rings. The summed E-state index contributed by atoms with van der Waals surface area (Å²) in [5.74, 6) is 6.20. The van der Waals surface area contributed by atoms with Crippen molar-refractivity contribution in [1.82, 2.24) is 0 Å². The second-order valence-electron chi connectivity index (χ2n) is 7.89. The summed E-state index contributed by atoms with van der Waals surface area (Å²) in [7, 11) is 0. The fourth-order valence-electron chi connectivity index (χ4n) is 3.69. The highest BCUT2D eigenvalue weighted by atomic mass is 35.5. The van der Waals surface area contributed by atoms with Crippen molar-refractivity contribution in [2.45, 2.75) is 44.5 Å². The highest BCUT2D eigenvalue weighted by Crippen LogP contribution is 2.33. The lowest BCUT2D eigenvalue weighted by Crippen LogP contribution is -2.33. The topological polar surface area (TPSA) is 62.0 Å². The molecule has 2 aromatic carbocycles. The molecule has 1 fully saturated rings. The number of benzene rings is 2. The Hall–Kier alpha value is -2.68. The summed E-state index contributed by atoms with van der Waals surface area (Å²) in [5, 5.41) is 20.2. The Morgan fingerprint density at radius 2 is 2.00 bits per heavy atom. The van der Waals surface area contributed by atoms with E-state index in [4.69, 9.17) is 16.3 Å². The Morgan fingerprint density at radius 3 is 2.66 bits per heavy atom. The first-order valence-electron chi connectivity index (χ1n) is 10.6. The molecule has 1 aliphatic heterocycles. The maximum atomic E-state index is 10.1. The van der Waals surface area contributed by atoms with Crippen LogP contribution in [0.5, 0.6) is 0 Å². The van der Waals surface area contributed by atoms with E-state index < -0.39 is 6.10 Å². The third-order valence-electron chi connectivity index (χ3n) is 5.54. The van der Waals surface area contributed by atoms with Gasteiger partial charge in [-0.3, -0.25) is 4.99 Å². The van der Waals surface area contributed by atoms with Gasteiger partial charge in [-0.2, -0.15) is 0 Å². The van der Waals surface area contributed by atoms with Gasteiger partial charge in [-0.05, 0) is 55.0 Å². The lowest BCUT2D eigenvalue weighted by atomic mass is 9.94. The lowest BCUT2D eigenvalue weighted by Gasteiger charge is -2.32. The average molecular weight is 450 g/mol. The molecule has 0 radical (unpaired) electrons. The van der Waals surface area contributed by atoms with E-state index in [9.17, 15) is 10.2 Å². The number of ether oxygens (including phenoxy) is 1. The molecule has 0 spiro atoms. The van der Waals surface area contributed by atoms with Crippen molar-refractivity contribution in [3.63, 3.8) is 0 Å². The predicted molar refractivity (Wildman–Crippen MR) is 130 cm³/mol. The molecule has 0 aromatic heterocycles. The largest absolute Gasteiger partial charge is 0.394 e. The van der Waals surface area contributed by atoms with Gasteiger partial charge in [-0.15, -0.1) is 0 Å². The minimum Gasteiger partial charge on any atom is -0.394 e. The number of aliphatic hydroxyl groups excluding tert-OH is 2. The molecule has 4 nitrogen and oxygen atoms in total. The molecular weight excluding hydrogens is 422 g/mol. The van der Waals surface area contributed by atoms with Crippen molar-refractivity contribution in [3.05, 3.63) is 93.7 Å². The number of aliphatic imine (C=N–C) groups is 1. The summed E-state index contributed by atoms with van der Waals surface area (Å²) < 4.78 is 5.94. The molecule has 32 heavy (non-hydrogen) atoms.